The number of anilines is 1. The highest BCUT2D eigenvalue weighted by Crippen LogP contribution is 2.24. The maximum Gasteiger partial charge on any atom is 0.264 e. The van der Waals surface area contributed by atoms with E-state index >= 15 is 0 Å². The first-order chi connectivity index (χ1) is 14.2. The number of likely N-dealkylation sites (N-methyl/N-ethyl adjacent to an activating group) is 1. The van der Waals surface area contributed by atoms with Crippen LogP contribution in [-0.4, -0.2) is 52.5 Å². The summed E-state index contributed by atoms with van der Waals surface area (Å²) in [6, 6.07) is 15.1. The van der Waals surface area contributed by atoms with Crippen molar-refractivity contribution < 1.29 is 13.2 Å². The second-order valence-corrected chi connectivity index (χ2v) is 9.54. The Morgan fingerprint density at radius 2 is 1.77 bits per heavy atom. The highest BCUT2D eigenvalue weighted by Gasteiger charge is 2.25. The van der Waals surface area contributed by atoms with Gasteiger partial charge in [0.05, 0.1) is 17.1 Å². The molecule has 0 aromatic heterocycles. The molecule has 0 heterocycles. The highest BCUT2D eigenvalue weighted by atomic mass is 32.2. The van der Waals surface area contributed by atoms with E-state index in [-0.39, 0.29) is 23.4 Å². The van der Waals surface area contributed by atoms with E-state index in [1.807, 2.05) is 20.2 Å². The van der Waals surface area contributed by atoms with Crippen LogP contribution < -0.4 is 9.62 Å². The minimum atomic E-state index is -3.86. The van der Waals surface area contributed by atoms with Crippen molar-refractivity contribution in [2.24, 2.45) is 5.92 Å². The number of rotatable bonds is 10. The molecule has 0 saturated carbocycles. The van der Waals surface area contributed by atoms with Crippen LogP contribution >= 0.6 is 0 Å². The van der Waals surface area contributed by atoms with Crippen molar-refractivity contribution in [1.29, 1.82) is 0 Å². The largest absolute Gasteiger partial charge is 0.350 e. The number of benzene rings is 2. The zero-order valence-electron chi connectivity index (χ0n) is 18.1. The molecule has 7 heteroatoms. The van der Waals surface area contributed by atoms with E-state index in [9.17, 15) is 13.2 Å². The molecule has 0 aliphatic carbocycles. The second-order valence-electron chi connectivity index (χ2n) is 7.67. The summed E-state index contributed by atoms with van der Waals surface area (Å²) in [5.74, 6) is 0.0693. The summed E-state index contributed by atoms with van der Waals surface area (Å²) in [5.41, 5.74) is 0.849. The fraction of sp³-hybridized carbons (Fsp3) is 0.348. The van der Waals surface area contributed by atoms with Gasteiger partial charge in [-0.25, -0.2) is 8.42 Å². The molecule has 162 valence electrons. The number of carbonyl (C=O) groups excluding carboxylic acids is 1. The SMILES string of the molecule is C=CCN(c1ccccc1)S(=O)(=O)c1cccc(C(=O)NCC(C(C)C)N(C)C)c1. The summed E-state index contributed by atoms with van der Waals surface area (Å²) in [6.07, 6.45) is 1.54. The van der Waals surface area contributed by atoms with Crippen molar-refractivity contribution in [3.63, 3.8) is 0 Å². The number of carbonyl (C=O) groups is 1. The molecular formula is C23H31N3O3S. The van der Waals surface area contributed by atoms with Crippen LogP contribution in [0, 0.1) is 5.92 Å². The van der Waals surface area contributed by atoms with E-state index in [2.05, 4.69) is 30.6 Å². The number of sulfonamides is 1. The van der Waals surface area contributed by atoms with Gasteiger partial charge in [-0.3, -0.25) is 9.10 Å². The fourth-order valence-electron chi connectivity index (χ4n) is 3.29. The third kappa shape index (κ3) is 5.70. The van der Waals surface area contributed by atoms with Crippen LogP contribution in [0.25, 0.3) is 0 Å². The second kappa shape index (κ2) is 10.4. The van der Waals surface area contributed by atoms with Gasteiger partial charge in [-0.2, -0.15) is 0 Å². The molecule has 1 amide bonds. The van der Waals surface area contributed by atoms with Crippen LogP contribution in [0.3, 0.4) is 0 Å². The van der Waals surface area contributed by atoms with Crippen LogP contribution in [0.5, 0.6) is 0 Å². The molecule has 1 N–H and O–H groups in total. The van der Waals surface area contributed by atoms with Crippen molar-refractivity contribution in [3.05, 3.63) is 72.8 Å². The molecule has 0 aliphatic heterocycles. The van der Waals surface area contributed by atoms with E-state index in [4.69, 9.17) is 0 Å². The van der Waals surface area contributed by atoms with E-state index < -0.39 is 10.0 Å². The summed E-state index contributed by atoms with van der Waals surface area (Å²) >= 11 is 0. The van der Waals surface area contributed by atoms with Crippen LogP contribution in [-0.2, 0) is 10.0 Å². The third-order valence-electron chi connectivity index (χ3n) is 4.93. The van der Waals surface area contributed by atoms with Gasteiger partial charge in [0, 0.05) is 18.2 Å². The lowest BCUT2D eigenvalue weighted by atomic mass is 10.0. The topological polar surface area (TPSA) is 69.7 Å². The number of hydrogen-bond donors (Lipinski definition) is 1. The number of nitrogens with zero attached hydrogens (tertiary/aromatic N) is 2. The first kappa shape index (κ1) is 23.6. The normalized spacial score (nSPS) is 12.6. The Bertz CT molecular complexity index is 949. The molecule has 0 radical (unpaired) electrons. The molecule has 2 aromatic rings. The van der Waals surface area contributed by atoms with Crippen LogP contribution in [0.1, 0.15) is 24.2 Å². The van der Waals surface area contributed by atoms with Gasteiger partial charge in [0.25, 0.3) is 15.9 Å². The molecule has 0 bridgehead atoms. The number of nitrogens with one attached hydrogen (secondary N) is 1. The smallest absolute Gasteiger partial charge is 0.264 e. The van der Waals surface area contributed by atoms with Crippen LogP contribution in [0.2, 0.25) is 0 Å². The fourth-order valence-corrected chi connectivity index (χ4v) is 4.77. The molecule has 2 aromatic carbocycles. The van der Waals surface area contributed by atoms with E-state index in [1.165, 1.54) is 22.5 Å². The predicted molar refractivity (Wildman–Crippen MR) is 122 cm³/mol. The average Bonchev–Trinajstić information content (AvgIpc) is 2.72. The van der Waals surface area contributed by atoms with Gasteiger partial charge >= 0.3 is 0 Å². The minimum absolute atomic E-state index is 0.0638. The Morgan fingerprint density at radius 1 is 1.10 bits per heavy atom. The van der Waals surface area contributed by atoms with Crippen molar-refractivity contribution in [1.82, 2.24) is 10.2 Å². The van der Waals surface area contributed by atoms with Gasteiger partial charge < -0.3 is 10.2 Å². The predicted octanol–water partition coefficient (Wildman–Crippen LogP) is 3.38. The molecule has 0 saturated heterocycles. The quantitative estimate of drug-likeness (QED) is 0.588. The summed E-state index contributed by atoms with van der Waals surface area (Å²) in [5, 5.41) is 2.92. The zero-order valence-corrected chi connectivity index (χ0v) is 18.9. The van der Waals surface area contributed by atoms with Crippen LogP contribution in [0.15, 0.2) is 72.1 Å². The summed E-state index contributed by atoms with van der Waals surface area (Å²) in [4.78, 5) is 14.8. The molecule has 1 unspecified atom stereocenters. The van der Waals surface area contributed by atoms with Crippen molar-refractivity contribution >= 4 is 21.6 Å². The van der Waals surface area contributed by atoms with Gasteiger partial charge in [-0.05, 0) is 50.3 Å². The minimum Gasteiger partial charge on any atom is -0.350 e. The van der Waals surface area contributed by atoms with Crippen molar-refractivity contribution in [2.75, 3.05) is 31.5 Å². The summed E-state index contributed by atoms with van der Waals surface area (Å²) in [6.45, 7) is 8.48. The molecular weight excluding hydrogens is 398 g/mol. The molecule has 30 heavy (non-hydrogen) atoms. The Labute approximate surface area is 180 Å². The van der Waals surface area contributed by atoms with E-state index in [1.54, 1.807) is 36.4 Å². The standard InChI is InChI=1S/C23H31N3O3S/c1-6-15-26(20-12-8-7-9-13-20)30(28,29)21-14-10-11-19(16-21)23(27)24-17-22(18(2)3)25(4)5/h6-14,16,18,22H,1,15,17H2,2-5H3,(H,24,27). The van der Waals surface area contributed by atoms with Crippen molar-refractivity contribution in [2.45, 2.75) is 24.8 Å². The molecule has 0 aliphatic rings. The van der Waals surface area contributed by atoms with Crippen LogP contribution in [0.4, 0.5) is 5.69 Å². The van der Waals surface area contributed by atoms with Gasteiger partial charge in [-0.15, -0.1) is 6.58 Å². The molecule has 0 spiro atoms. The Hall–Kier alpha value is -2.64. The average molecular weight is 430 g/mol. The van der Waals surface area contributed by atoms with Gasteiger partial charge in [0.15, 0.2) is 0 Å². The Morgan fingerprint density at radius 3 is 2.33 bits per heavy atom. The summed E-state index contributed by atoms with van der Waals surface area (Å²) < 4.78 is 27.8. The lowest BCUT2D eigenvalue weighted by Crippen LogP contribution is -2.43. The van der Waals surface area contributed by atoms with Gasteiger partial charge in [-0.1, -0.05) is 44.2 Å². The van der Waals surface area contributed by atoms with E-state index in [0.29, 0.717) is 23.7 Å². The molecule has 6 nitrogen and oxygen atoms in total. The first-order valence-electron chi connectivity index (χ1n) is 9.91. The lowest BCUT2D eigenvalue weighted by molar-refractivity contribution is 0.0934. The zero-order chi connectivity index (χ0) is 22.3. The Balaban J connectivity index is 2.28. The monoisotopic (exact) mass is 429 g/mol. The number of amides is 1. The number of hydrogen-bond acceptors (Lipinski definition) is 4. The molecule has 2 rings (SSSR count). The molecule has 1 atom stereocenters. The van der Waals surface area contributed by atoms with E-state index in [0.717, 1.165) is 0 Å². The van der Waals surface area contributed by atoms with Gasteiger partial charge in [0.1, 0.15) is 0 Å². The lowest BCUT2D eigenvalue weighted by Gasteiger charge is -2.28. The summed E-state index contributed by atoms with van der Waals surface area (Å²) in [7, 11) is 0.0914. The molecule has 0 fully saturated rings. The third-order valence-corrected chi connectivity index (χ3v) is 6.72. The Kier molecular flexibility index (Phi) is 8.20. The highest BCUT2D eigenvalue weighted by molar-refractivity contribution is 7.92. The van der Waals surface area contributed by atoms with Gasteiger partial charge in [0.2, 0.25) is 0 Å². The number of para-hydroxylation sites is 1. The maximum absolute atomic E-state index is 13.3. The first-order valence-corrected chi connectivity index (χ1v) is 11.4. The maximum atomic E-state index is 13.3. The van der Waals surface area contributed by atoms with Crippen molar-refractivity contribution in [3.8, 4) is 0 Å².